The monoisotopic (exact) mass is 242 g/mol. The number of hydrogen-bond acceptors (Lipinski definition) is 4. The van der Waals surface area contributed by atoms with E-state index in [9.17, 15) is 0 Å². The smallest absolute Gasteiger partial charge is 0.222 e. The Bertz CT molecular complexity index is 523. The topological polar surface area (TPSA) is 77.8 Å². The molecule has 0 fully saturated rings. The van der Waals surface area contributed by atoms with Crippen LogP contribution in [0.4, 0.5) is 11.8 Å². The second-order valence-corrected chi connectivity index (χ2v) is 4.26. The van der Waals surface area contributed by atoms with Gasteiger partial charge in [0.1, 0.15) is 5.82 Å². The van der Waals surface area contributed by atoms with Crippen LogP contribution in [0, 0.1) is 0 Å². The molecular formula is C14H18N4. The van der Waals surface area contributed by atoms with Crippen molar-refractivity contribution < 1.29 is 0 Å². The van der Waals surface area contributed by atoms with Crippen molar-refractivity contribution >= 4 is 11.8 Å². The Hall–Kier alpha value is -2.10. The summed E-state index contributed by atoms with van der Waals surface area (Å²) in [7, 11) is 0. The molecule has 0 radical (unpaired) electrons. The van der Waals surface area contributed by atoms with Crippen LogP contribution >= 0.6 is 0 Å². The summed E-state index contributed by atoms with van der Waals surface area (Å²) in [6.45, 7) is 2.15. The fourth-order valence-corrected chi connectivity index (χ4v) is 1.99. The maximum atomic E-state index is 5.99. The van der Waals surface area contributed by atoms with E-state index in [0.29, 0.717) is 5.82 Å². The average molecular weight is 242 g/mol. The highest BCUT2D eigenvalue weighted by Gasteiger charge is 2.12. The highest BCUT2D eigenvalue weighted by molar-refractivity contribution is 5.76. The summed E-state index contributed by atoms with van der Waals surface area (Å²) in [5, 5.41) is 0. The van der Waals surface area contributed by atoms with Crippen molar-refractivity contribution in [1.29, 1.82) is 0 Å². The molecule has 4 N–H and O–H groups in total. The molecule has 0 bridgehead atoms. The van der Waals surface area contributed by atoms with Gasteiger partial charge in [0.2, 0.25) is 5.95 Å². The third kappa shape index (κ3) is 2.59. The average Bonchev–Trinajstić information content (AvgIpc) is 2.36. The summed E-state index contributed by atoms with van der Waals surface area (Å²) >= 11 is 0. The molecular weight excluding hydrogens is 224 g/mol. The molecule has 2 rings (SSSR count). The predicted octanol–water partition coefficient (Wildman–Crippen LogP) is 2.65. The van der Waals surface area contributed by atoms with Crippen molar-refractivity contribution in [3.05, 3.63) is 36.0 Å². The Kier molecular flexibility index (Phi) is 3.77. The maximum Gasteiger partial charge on any atom is 0.222 e. The number of unbranched alkanes of at least 4 members (excludes halogenated alkanes) is 1. The molecule has 0 unspecified atom stereocenters. The molecule has 0 aliphatic carbocycles. The summed E-state index contributed by atoms with van der Waals surface area (Å²) < 4.78 is 0. The second-order valence-electron chi connectivity index (χ2n) is 4.26. The molecule has 94 valence electrons. The van der Waals surface area contributed by atoms with E-state index in [1.54, 1.807) is 0 Å². The van der Waals surface area contributed by atoms with Gasteiger partial charge in [-0.25, -0.2) is 4.98 Å². The van der Waals surface area contributed by atoms with Gasteiger partial charge in [0.25, 0.3) is 0 Å². The first-order valence-electron chi connectivity index (χ1n) is 6.19. The fourth-order valence-electron chi connectivity index (χ4n) is 1.99. The van der Waals surface area contributed by atoms with Crippen molar-refractivity contribution in [2.45, 2.75) is 26.2 Å². The van der Waals surface area contributed by atoms with E-state index in [4.69, 9.17) is 11.5 Å². The summed E-state index contributed by atoms with van der Waals surface area (Å²) in [4.78, 5) is 8.40. The minimum absolute atomic E-state index is 0.248. The van der Waals surface area contributed by atoms with Crippen molar-refractivity contribution in [3.63, 3.8) is 0 Å². The number of aromatic nitrogens is 2. The van der Waals surface area contributed by atoms with E-state index in [1.165, 1.54) is 0 Å². The van der Waals surface area contributed by atoms with E-state index in [1.807, 2.05) is 30.3 Å². The minimum atomic E-state index is 0.248. The van der Waals surface area contributed by atoms with Gasteiger partial charge in [-0.2, -0.15) is 4.98 Å². The first-order valence-corrected chi connectivity index (χ1v) is 6.19. The molecule has 0 spiro atoms. The van der Waals surface area contributed by atoms with Gasteiger partial charge in [-0.05, 0) is 18.4 Å². The fraction of sp³-hybridized carbons (Fsp3) is 0.286. The lowest BCUT2D eigenvalue weighted by molar-refractivity contribution is 0.777. The number of nitrogens with zero attached hydrogens (tertiary/aromatic N) is 2. The lowest BCUT2D eigenvalue weighted by Gasteiger charge is -2.11. The maximum absolute atomic E-state index is 5.99. The van der Waals surface area contributed by atoms with Gasteiger partial charge in [-0.1, -0.05) is 43.7 Å². The van der Waals surface area contributed by atoms with Gasteiger partial charge in [-0.3, -0.25) is 0 Å². The summed E-state index contributed by atoms with van der Waals surface area (Å²) in [6.07, 6.45) is 3.05. The molecule has 2 aromatic rings. The van der Waals surface area contributed by atoms with Crippen LogP contribution in [0.25, 0.3) is 11.1 Å². The van der Waals surface area contributed by atoms with Crippen molar-refractivity contribution in [2.75, 3.05) is 11.5 Å². The molecule has 0 amide bonds. The van der Waals surface area contributed by atoms with Gasteiger partial charge >= 0.3 is 0 Å². The zero-order valence-electron chi connectivity index (χ0n) is 10.6. The molecule has 0 saturated heterocycles. The van der Waals surface area contributed by atoms with Gasteiger partial charge in [0, 0.05) is 5.56 Å². The van der Waals surface area contributed by atoms with Gasteiger partial charge in [0.15, 0.2) is 0 Å². The molecule has 0 saturated carbocycles. The normalized spacial score (nSPS) is 10.5. The highest BCUT2D eigenvalue weighted by Crippen LogP contribution is 2.28. The van der Waals surface area contributed by atoms with Crippen LogP contribution in [0.5, 0.6) is 0 Å². The number of aryl methyl sites for hydroxylation is 1. The number of hydrogen-bond donors (Lipinski definition) is 2. The zero-order chi connectivity index (χ0) is 13.0. The SMILES string of the molecule is CCCCc1nc(N)nc(N)c1-c1ccccc1. The molecule has 0 aliphatic rings. The number of nitrogen functional groups attached to an aromatic ring is 2. The van der Waals surface area contributed by atoms with E-state index >= 15 is 0 Å². The molecule has 0 atom stereocenters. The standard InChI is InChI=1S/C14H18N4/c1-2-3-9-11-12(10-7-5-4-6-8-10)13(15)18-14(16)17-11/h4-8H,2-3,9H2,1H3,(H4,15,16,17,18). The second kappa shape index (κ2) is 5.49. The molecule has 1 aromatic carbocycles. The summed E-state index contributed by atoms with van der Waals surface area (Å²) in [6, 6.07) is 9.97. The quantitative estimate of drug-likeness (QED) is 0.864. The number of rotatable bonds is 4. The largest absolute Gasteiger partial charge is 0.383 e. The van der Waals surface area contributed by atoms with E-state index < -0.39 is 0 Å². The van der Waals surface area contributed by atoms with Gasteiger partial charge in [0.05, 0.1) is 5.69 Å². The van der Waals surface area contributed by atoms with Crippen molar-refractivity contribution in [2.24, 2.45) is 0 Å². The first kappa shape index (κ1) is 12.4. The number of nitrogens with two attached hydrogens (primary N) is 2. The van der Waals surface area contributed by atoms with E-state index in [-0.39, 0.29) is 5.95 Å². The van der Waals surface area contributed by atoms with E-state index in [0.717, 1.165) is 36.1 Å². The molecule has 0 aliphatic heterocycles. The predicted molar refractivity (Wildman–Crippen MR) is 74.9 cm³/mol. The van der Waals surface area contributed by atoms with Gasteiger partial charge < -0.3 is 11.5 Å². The molecule has 4 nitrogen and oxygen atoms in total. The molecule has 1 aromatic heterocycles. The third-order valence-corrected chi connectivity index (χ3v) is 2.86. The highest BCUT2D eigenvalue weighted by atomic mass is 15.0. The Morgan fingerprint density at radius 3 is 2.44 bits per heavy atom. The minimum Gasteiger partial charge on any atom is -0.383 e. The van der Waals surface area contributed by atoms with E-state index in [2.05, 4.69) is 16.9 Å². The van der Waals surface area contributed by atoms with Crippen molar-refractivity contribution in [1.82, 2.24) is 9.97 Å². The van der Waals surface area contributed by atoms with Crippen LogP contribution < -0.4 is 11.5 Å². The first-order chi connectivity index (χ1) is 8.72. The van der Waals surface area contributed by atoms with Crippen LogP contribution in [0.15, 0.2) is 30.3 Å². The lowest BCUT2D eigenvalue weighted by Crippen LogP contribution is -2.06. The van der Waals surface area contributed by atoms with Crippen LogP contribution in [0.3, 0.4) is 0 Å². The third-order valence-electron chi connectivity index (χ3n) is 2.86. The Balaban J connectivity index is 2.50. The Morgan fingerprint density at radius 2 is 1.78 bits per heavy atom. The molecule has 4 heteroatoms. The Labute approximate surface area is 107 Å². The van der Waals surface area contributed by atoms with Gasteiger partial charge in [-0.15, -0.1) is 0 Å². The Morgan fingerprint density at radius 1 is 1.06 bits per heavy atom. The van der Waals surface area contributed by atoms with Crippen LogP contribution in [-0.4, -0.2) is 9.97 Å². The zero-order valence-corrected chi connectivity index (χ0v) is 10.6. The molecule has 18 heavy (non-hydrogen) atoms. The number of anilines is 2. The van der Waals surface area contributed by atoms with Crippen LogP contribution in [0.1, 0.15) is 25.5 Å². The summed E-state index contributed by atoms with van der Waals surface area (Å²) in [5.41, 5.74) is 14.6. The van der Waals surface area contributed by atoms with Crippen molar-refractivity contribution in [3.8, 4) is 11.1 Å². The lowest BCUT2D eigenvalue weighted by atomic mass is 10.0. The van der Waals surface area contributed by atoms with Crippen LogP contribution in [0.2, 0.25) is 0 Å². The molecule has 1 heterocycles. The summed E-state index contributed by atoms with van der Waals surface area (Å²) in [5.74, 6) is 0.707. The number of benzene rings is 1. The van der Waals surface area contributed by atoms with Crippen LogP contribution in [-0.2, 0) is 6.42 Å².